The van der Waals surface area contributed by atoms with Crippen LogP contribution in [0, 0.1) is 25.7 Å². The molecule has 0 radical (unpaired) electrons. The lowest BCUT2D eigenvalue weighted by Gasteiger charge is -2.33. The summed E-state index contributed by atoms with van der Waals surface area (Å²) < 4.78 is 6.05. The second-order valence-corrected chi connectivity index (χ2v) is 6.83. The molecule has 2 rings (SSSR count). The summed E-state index contributed by atoms with van der Waals surface area (Å²) in [5.41, 5.74) is 3.14. The van der Waals surface area contributed by atoms with Gasteiger partial charge in [-0.05, 0) is 69.1 Å². The van der Waals surface area contributed by atoms with Crippen LogP contribution in [-0.4, -0.2) is 18.0 Å². The summed E-state index contributed by atoms with van der Waals surface area (Å²) in [5, 5.41) is 0. The maximum Gasteiger partial charge on any atom is 0.191 e. The molecular formula is C19H28O2. The molecule has 0 saturated heterocycles. The summed E-state index contributed by atoms with van der Waals surface area (Å²) in [7, 11) is 0. The Morgan fingerprint density at radius 3 is 2.48 bits per heavy atom. The minimum absolute atomic E-state index is 0.101. The molecule has 116 valence electrons. The molecule has 4 unspecified atom stereocenters. The van der Waals surface area contributed by atoms with Gasteiger partial charge in [0.1, 0.15) is 6.10 Å². The van der Waals surface area contributed by atoms with Crippen molar-refractivity contribution in [2.45, 2.75) is 66.1 Å². The smallest absolute Gasteiger partial charge is 0.191 e. The zero-order valence-electron chi connectivity index (χ0n) is 14.0. The molecule has 4 atom stereocenters. The van der Waals surface area contributed by atoms with Crippen LogP contribution in [0.1, 0.15) is 61.5 Å². The number of hydrogen-bond donors (Lipinski definition) is 0. The average Bonchev–Trinajstić information content (AvgIpc) is 2.45. The predicted octanol–water partition coefficient (Wildman–Crippen LogP) is 4.72. The standard InChI is InChI=1S/C19H28O2/c1-12-6-8-17(10-14(12)3)19(20)16(5)21-18-9-7-13(2)15(4)11-18/h6,8,10,13,15-16,18H,7,9,11H2,1-5H3. The first-order valence-corrected chi connectivity index (χ1v) is 8.15. The first-order chi connectivity index (χ1) is 9.88. The number of rotatable bonds is 4. The van der Waals surface area contributed by atoms with Crippen molar-refractivity contribution in [3.05, 3.63) is 34.9 Å². The molecule has 0 aromatic heterocycles. The van der Waals surface area contributed by atoms with Crippen LogP contribution in [0.15, 0.2) is 18.2 Å². The van der Waals surface area contributed by atoms with Crippen LogP contribution in [-0.2, 0) is 4.74 Å². The highest BCUT2D eigenvalue weighted by molar-refractivity contribution is 5.99. The lowest BCUT2D eigenvalue weighted by Crippen LogP contribution is -2.32. The average molecular weight is 288 g/mol. The van der Waals surface area contributed by atoms with Gasteiger partial charge in [-0.1, -0.05) is 26.0 Å². The summed E-state index contributed by atoms with van der Waals surface area (Å²) >= 11 is 0. The van der Waals surface area contributed by atoms with Gasteiger partial charge < -0.3 is 4.74 Å². The number of benzene rings is 1. The Morgan fingerprint density at radius 2 is 1.86 bits per heavy atom. The van der Waals surface area contributed by atoms with E-state index in [1.165, 1.54) is 12.0 Å². The molecule has 0 bridgehead atoms. The fourth-order valence-electron chi connectivity index (χ4n) is 3.10. The van der Waals surface area contributed by atoms with Crippen LogP contribution in [0.2, 0.25) is 0 Å². The van der Waals surface area contributed by atoms with Gasteiger partial charge in [0.25, 0.3) is 0 Å². The molecule has 21 heavy (non-hydrogen) atoms. The predicted molar refractivity (Wildman–Crippen MR) is 86.8 cm³/mol. The van der Waals surface area contributed by atoms with E-state index in [1.54, 1.807) is 0 Å². The van der Waals surface area contributed by atoms with E-state index < -0.39 is 0 Å². The van der Waals surface area contributed by atoms with Crippen molar-refractivity contribution in [1.82, 2.24) is 0 Å². The van der Waals surface area contributed by atoms with E-state index in [1.807, 2.05) is 32.0 Å². The van der Waals surface area contributed by atoms with Crippen molar-refractivity contribution in [3.63, 3.8) is 0 Å². The Bertz CT molecular complexity index is 506. The number of carbonyl (C=O) groups excluding carboxylic acids is 1. The topological polar surface area (TPSA) is 26.3 Å². The summed E-state index contributed by atoms with van der Waals surface area (Å²) in [6.45, 7) is 10.6. The lowest BCUT2D eigenvalue weighted by molar-refractivity contribution is -0.0287. The number of hydrogen-bond acceptors (Lipinski definition) is 2. The Labute approximate surface area is 128 Å². The quantitative estimate of drug-likeness (QED) is 0.750. The molecule has 1 aromatic rings. The third-order valence-electron chi connectivity index (χ3n) is 5.11. The molecule has 1 saturated carbocycles. The van der Waals surface area contributed by atoms with E-state index in [-0.39, 0.29) is 18.0 Å². The van der Waals surface area contributed by atoms with Crippen LogP contribution in [0.4, 0.5) is 0 Å². The fourth-order valence-corrected chi connectivity index (χ4v) is 3.10. The molecule has 2 heteroatoms. The van der Waals surface area contributed by atoms with Gasteiger partial charge in [-0.15, -0.1) is 0 Å². The van der Waals surface area contributed by atoms with Crippen molar-refractivity contribution >= 4 is 5.78 Å². The van der Waals surface area contributed by atoms with E-state index in [9.17, 15) is 4.79 Å². The molecule has 0 N–H and O–H groups in total. The Morgan fingerprint density at radius 1 is 1.14 bits per heavy atom. The number of aryl methyl sites for hydroxylation is 2. The number of carbonyl (C=O) groups is 1. The molecule has 0 amide bonds. The highest BCUT2D eigenvalue weighted by atomic mass is 16.5. The molecule has 1 aliphatic carbocycles. The zero-order chi connectivity index (χ0) is 15.6. The van der Waals surface area contributed by atoms with Crippen molar-refractivity contribution in [2.75, 3.05) is 0 Å². The second kappa shape index (κ2) is 6.74. The Hall–Kier alpha value is -1.15. The van der Waals surface area contributed by atoms with E-state index in [0.29, 0.717) is 5.92 Å². The van der Waals surface area contributed by atoms with Crippen molar-refractivity contribution < 1.29 is 9.53 Å². The van der Waals surface area contributed by atoms with E-state index >= 15 is 0 Å². The van der Waals surface area contributed by atoms with E-state index in [4.69, 9.17) is 4.74 Å². The molecule has 2 nitrogen and oxygen atoms in total. The van der Waals surface area contributed by atoms with Crippen molar-refractivity contribution in [1.29, 1.82) is 0 Å². The monoisotopic (exact) mass is 288 g/mol. The van der Waals surface area contributed by atoms with Gasteiger partial charge in [-0.2, -0.15) is 0 Å². The highest BCUT2D eigenvalue weighted by Crippen LogP contribution is 2.31. The molecule has 1 aliphatic rings. The molecular weight excluding hydrogens is 260 g/mol. The third kappa shape index (κ3) is 3.94. The normalized spacial score (nSPS) is 27.4. The summed E-state index contributed by atoms with van der Waals surface area (Å²) in [4.78, 5) is 12.5. The highest BCUT2D eigenvalue weighted by Gasteiger charge is 2.28. The molecule has 1 fully saturated rings. The largest absolute Gasteiger partial charge is 0.367 e. The van der Waals surface area contributed by atoms with Gasteiger partial charge in [-0.3, -0.25) is 4.79 Å². The summed E-state index contributed by atoms with van der Waals surface area (Å²) in [6, 6.07) is 5.90. The van der Waals surface area contributed by atoms with Crippen LogP contribution in [0.5, 0.6) is 0 Å². The lowest BCUT2D eigenvalue weighted by atomic mass is 9.80. The summed E-state index contributed by atoms with van der Waals surface area (Å²) in [6.07, 6.45) is 3.25. The van der Waals surface area contributed by atoms with Gasteiger partial charge in [-0.25, -0.2) is 0 Å². The second-order valence-electron chi connectivity index (χ2n) is 6.83. The first kappa shape index (κ1) is 16.2. The SMILES string of the molecule is Cc1ccc(C(=O)C(C)OC2CCC(C)C(C)C2)cc1C. The number of Topliss-reactive ketones (excluding diaryl/α,β-unsaturated/α-hetero) is 1. The zero-order valence-corrected chi connectivity index (χ0v) is 14.0. The molecule has 0 spiro atoms. The first-order valence-electron chi connectivity index (χ1n) is 8.15. The fraction of sp³-hybridized carbons (Fsp3) is 0.632. The van der Waals surface area contributed by atoms with E-state index in [2.05, 4.69) is 20.8 Å². The third-order valence-corrected chi connectivity index (χ3v) is 5.11. The van der Waals surface area contributed by atoms with Crippen LogP contribution >= 0.6 is 0 Å². The van der Waals surface area contributed by atoms with Gasteiger partial charge in [0.15, 0.2) is 5.78 Å². The van der Waals surface area contributed by atoms with Crippen LogP contribution in [0.25, 0.3) is 0 Å². The van der Waals surface area contributed by atoms with Crippen LogP contribution < -0.4 is 0 Å². The van der Waals surface area contributed by atoms with Gasteiger partial charge in [0.05, 0.1) is 6.10 Å². The van der Waals surface area contributed by atoms with E-state index in [0.717, 1.165) is 29.9 Å². The van der Waals surface area contributed by atoms with Gasteiger partial charge in [0, 0.05) is 5.56 Å². The molecule has 0 heterocycles. The van der Waals surface area contributed by atoms with Crippen LogP contribution in [0.3, 0.4) is 0 Å². The number of ketones is 1. The molecule has 1 aromatic carbocycles. The minimum Gasteiger partial charge on any atom is -0.367 e. The summed E-state index contributed by atoms with van der Waals surface area (Å²) in [5.74, 6) is 1.56. The van der Waals surface area contributed by atoms with Gasteiger partial charge in [0.2, 0.25) is 0 Å². The maximum atomic E-state index is 12.5. The minimum atomic E-state index is -0.349. The van der Waals surface area contributed by atoms with Crippen molar-refractivity contribution in [3.8, 4) is 0 Å². The molecule has 0 aliphatic heterocycles. The Balaban J connectivity index is 1.98. The number of ether oxygens (including phenoxy) is 1. The maximum absolute atomic E-state index is 12.5. The van der Waals surface area contributed by atoms with Gasteiger partial charge >= 0.3 is 0 Å². The van der Waals surface area contributed by atoms with Crippen molar-refractivity contribution in [2.24, 2.45) is 11.8 Å². The Kier molecular flexibility index (Phi) is 5.21.